The molecule has 0 radical (unpaired) electrons. The number of alkyl halides is 4. The van der Waals surface area contributed by atoms with Crippen LogP contribution in [0.4, 0.5) is 17.6 Å². The number of fused-ring (bicyclic) bond motifs is 2. The molecule has 2 saturated carbocycles. The van der Waals surface area contributed by atoms with E-state index in [2.05, 4.69) is 0 Å². The summed E-state index contributed by atoms with van der Waals surface area (Å²) in [6.07, 6.45) is -0.963. The Balaban J connectivity index is 0.00000312. The molecule has 11 heteroatoms. The average Bonchev–Trinajstić information content (AvgIpc) is 2.95. The molecule has 2 bridgehead atoms. The maximum Gasteiger partial charge on any atom is 1.00 e. The van der Waals surface area contributed by atoms with Crippen molar-refractivity contribution in [1.82, 2.24) is 0 Å². The van der Waals surface area contributed by atoms with E-state index >= 15 is 0 Å². The normalized spacial score (nSPS) is 30.1. The number of hydrogen-bond acceptors (Lipinski definition) is 5. The van der Waals surface area contributed by atoms with Gasteiger partial charge in [0.1, 0.15) is 6.10 Å². The first-order valence-corrected chi connectivity index (χ1v) is 8.92. The van der Waals surface area contributed by atoms with E-state index in [1.165, 1.54) is 0 Å². The van der Waals surface area contributed by atoms with Crippen molar-refractivity contribution in [2.45, 2.75) is 57.3 Å². The third-order valence-corrected chi connectivity index (χ3v) is 5.73. The zero-order valence-corrected chi connectivity index (χ0v) is 17.2. The molecule has 0 heterocycles. The van der Waals surface area contributed by atoms with E-state index in [1.807, 2.05) is 0 Å². The number of hydrogen-bond donors (Lipinski definition) is 0. The van der Waals surface area contributed by atoms with Crippen molar-refractivity contribution in [3.05, 3.63) is 0 Å². The van der Waals surface area contributed by atoms with Crippen LogP contribution in [0.1, 0.15) is 40.0 Å². The van der Waals surface area contributed by atoms with Gasteiger partial charge in [-0.15, -0.1) is 0 Å². The minimum Gasteiger partial charge on any atom is -0.743 e. The first-order chi connectivity index (χ1) is 10.6. The molecule has 0 aromatic carbocycles. The van der Waals surface area contributed by atoms with Crippen molar-refractivity contribution in [3.63, 3.8) is 0 Å². The quantitative estimate of drug-likeness (QED) is 0.283. The molecule has 2 fully saturated rings. The summed E-state index contributed by atoms with van der Waals surface area (Å²) in [6, 6.07) is 0. The summed E-state index contributed by atoms with van der Waals surface area (Å²) in [4.78, 5) is 11.9. The van der Waals surface area contributed by atoms with Crippen LogP contribution < -0.4 is 29.6 Å². The van der Waals surface area contributed by atoms with Gasteiger partial charge >= 0.3 is 46.7 Å². The average molecular weight is 398 g/mol. The molecule has 5 nitrogen and oxygen atoms in total. The molecule has 0 aromatic rings. The van der Waals surface area contributed by atoms with Crippen LogP contribution in [0.5, 0.6) is 0 Å². The largest absolute Gasteiger partial charge is 1.00 e. The maximum absolute atomic E-state index is 14.0. The summed E-state index contributed by atoms with van der Waals surface area (Å²) in [5, 5.41) is -5.66. The van der Waals surface area contributed by atoms with Crippen molar-refractivity contribution >= 4 is 16.1 Å². The molecule has 0 amide bonds. The van der Waals surface area contributed by atoms with Crippen LogP contribution in [0.15, 0.2) is 0 Å². The van der Waals surface area contributed by atoms with Crippen molar-refractivity contribution in [3.8, 4) is 0 Å². The van der Waals surface area contributed by atoms with E-state index in [4.69, 9.17) is 4.74 Å². The molecule has 2 aliphatic rings. The van der Waals surface area contributed by atoms with Gasteiger partial charge in [0.05, 0.1) is 5.41 Å². The molecular formula is C14H19F4NaO5S. The first-order valence-electron chi connectivity index (χ1n) is 7.51. The van der Waals surface area contributed by atoms with Gasteiger partial charge in [0.2, 0.25) is 0 Å². The zero-order valence-electron chi connectivity index (χ0n) is 14.4. The Morgan fingerprint density at radius 1 is 1.04 bits per heavy atom. The molecule has 0 N–H and O–H groups in total. The molecule has 0 saturated heterocycles. The standard InChI is InChI=1S/C14H20F4O5S.Na/c1-12(2,3)11(19)23-10-6-7-4-8(10)5-9(7)13(15,16)14(17,18)24(20,21)22;/h7-10H,4-6H2,1-3H3,(H,20,21,22);/q;+1/p-1. The summed E-state index contributed by atoms with van der Waals surface area (Å²) >= 11 is 0. The van der Waals surface area contributed by atoms with Crippen LogP contribution in [0.2, 0.25) is 0 Å². The second-order valence-corrected chi connectivity index (χ2v) is 9.04. The maximum atomic E-state index is 14.0. The number of esters is 1. The van der Waals surface area contributed by atoms with Crippen LogP contribution >= 0.6 is 0 Å². The van der Waals surface area contributed by atoms with E-state index in [0.29, 0.717) is 0 Å². The van der Waals surface area contributed by atoms with Gasteiger partial charge in [-0.1, -0.05) is 0 Å². The molecule has 0 aliphatic heterocycles. The molecule has 0 aromatic heterocycles. The SMILES string of the molecule is CC(C)(C)C(=O)OC1CC2CC1CC2C(F)(F)C(F)(F)S(=O)(=O)[O-].[Na+]. The van der Waals surface area contributed by atoms with Gasteiger partial charge in [-0.2, -0.15) is 17.6 Å². The van der Waals surface area contributed by atoms with Crippen LogP contribution in [0, 0.1) is 23.2 Å². The van der Waals surface area contributed by atoms with Crippen molar-refractivity contribution in [2.24, 2.45) is 23.2 Å². The molecule has 4 unspecified atom stereocenters. The van der Waals surface area contributed by atoms with E-state index < -0.39 is 63.0 Å². The van der Waals surface area contributed by atoms with Crippen LogP contribution in [0.25, 0.3) is 0 Å². The van der Waals surface area contributed by atoms with Crippen LogP contribution in [0.3, 0.4) is 0 Å². The summed E-state index contributed by atoms with van der Waals surface area (Å²) in [6.45, 7) is 4.87. The second-order valence-electron chi connectivity index (χ2n) is 7.62. The number of carbonyl (C=O) groups is 1. The van der Waals surface area contributed by atoms with Crippen molar-refractivity contribution in [1.29, 1.82) is 0 Å². The topological polar surface area (TPSA) is 83.5 Å². The summed E-state index contributed by atoms with van der Waals surface area (Å²) in [5.41, 5.74) is -0.783. The number of rotatable bonds is 4. The number of halogens is 4. The molecule has 25 heavy (non-hydrogen) atoms. The Labute approximate surface area is 165 Å². The molecule has 2 aliphatic carbocycles. The summed E-state index contributed by atoms with van der Waals surface area (Å²) in [7, 11) is -6.48. The predicted molar refractivity (Wildman–Crippen MR) is 73.2 cm³/mol. The first kappa shape index (κ1) is 23.1. The Morgan fingerprint density at radius 2 is 1.56 bits per heavy atom. The summed E-state index contributed by atoms with van der Waals surface area (Å²) in [5.74, 6) is -8.86. The van der Waals surface area contributed by atoms with Crippen molar-refractivity contribution < 1.29 is 69.6 Å². The minimum absolute atomic E-state index is 0. The fourth-order valence-electron chi connectivity index (χ4n) is 3.51. The smallest absolute Gasteiger partial charge is 0.743 e. The number of carbonyl (C=O) groups excluding carboxylic acids is 1. The van der Waals surface area contributed by atoms with Crippen LogP contribution in [-0.2, 0) is 19.6 Å². The minimum atomic E-state index is -6.48. The van der Waals surface area contributed by atoms with Gasteiger partial charge in [-0.25, -0.2) is 8.42 Å². The molecular weight excluding hydrogens is 379 g/mol. The fourth-order valence-corrected chi connectivity index (χ4v) is 3.99. The molecule has 4 atom stereocenters. The molecule has 0 spiro atoms. The predicted octanol–water partition coefficient (Wildman–Crippen LogP) is -0.232. The Bertz CT molecular complexity index is 632. The van der Waals surface area contributed by atoms with E-state index in [9.17, 15) is 35.3 Å². The van der Waals surface area contributed by atoms with Gasteiger partial charge < -0.3 is 9.29 Å². The Kier molecular flexibility index (Phi) is 6.41. The van der Waals surface area contributed by atoms with Crippen LogP contribution in [-0.4, -0.2) is 36.2 Å². The molecule has 140 valence electrons. The van der Waals surface area contributed by atoms with E-state index in [1.54, 1.807) is 20.8 Å². The fraction of sp³-hybridized carbons (Fsp3) is 0.929. The third kappa shape index (κ3) is 4.02. The van der Waals surface area contributed by atoms with Gasteiger partial charge in [0.15, 0.2) is 10.1 Å². The Hall–Kier alpha value is 0.1000. The van der Waals surface area contributed by atoms with E-state index in [0.717, 1.165) is 0 Å². The number of ether oxygens (including phenoxy) is 1. The van der Waals surface area contributed by atoms with Crippen molar-refractivity contribution in [2.75, 3.05) is 0 Å². The molecule has 2 rings (SSSR count). The second kappa shape index (κ2) is 6.92. The zero-order chi connectivity index (χ0) is 18.7. The Morgan fingerprint density at radius 3 is 1.92 bits per heavy atom. The third-order valence-electron chi connectivity index (χ3n) is 4.83. The van der Waals surface area contributed by atoms with Gasteiger partial charge in [-0.05, 0) is 51.9 Å². The summed E-state index contributed by atoms with van der Waals surface area (Å²) < 4.78 is 91.7. The van der Waals surface area contributed by atoms with E-state index in [-0.39, 0.29) is 42.4 Å². The van der Waals surface area contributed by atoms with Gasteiger partial charge in [0, 0.05) is 5.92 Å². The monoisotopic (exact) mass is 398 g/mol. The van der Waals surface area contributed by atoms with Gasteiger partial charge in [-0.3, -0.25) is 4.79 Å². The van der Waals surface area contributed by atoms with Gasteiger partial charge in [0.25, 0.3) is 0 Å².